The topological polar surface area (TPSA) is 67.2 Å². The molecule has 0 aromatic carbocycles. The molecule has 0 spiro atoms. The van der Waals surface area contributed by atoms with E-state index in [0.29, 0.717) is 6.54 Å². The fraction of sp³-hybridized carbons (Fsp3) is 0.0667. The minimum absolute atomic E-state index is 0.230. The van der Waals surface area contributed by atoms with Crippen LogP contribution in [0.15, 0.2) is 59.0 Å². The molecule has 3 aromatic rings. The highest BCUT2D eigenvalue weighted by Gasteiger charge is 2.04. The number of amides is 2. The van der Waals surface area contributed by atoms with Crippen molar-refractivity contribution in [1.82, 2.24) is 10.3 Å². The van der Waals surface area contributed by atoms with Gasteiger partial charge in [0.05, 0.1) is 17.5 Å². The van der Waals surface area contributed by atoms with Crippen molar-refractivity contribution in [3.05, 3.63) is 60.1 Å². The minimum Gasteiger partial charge on any atom is -0.472 e. The number of nitrogens with zero attached hydrogens (tertiary/aromatic N) is 1. The van der Waals surface area contributed by atoms with Gasteiger partial charge < -0.3 is 9.73 Å². The highest BCUT2D eigenvalue weighted by molar-refractivity contribution is 7.14. The number of carbonyl (C=O) groups is 1. The zero-order chi connectivity index (χ0) is 14.5. The van der Waals surface area contributed by atoms with E-state index < -0.39 is 0 Å². The Morgan fingerprint density at radius 1 is 1.29 bits per heavy atom. The Bertz CT molecular complexity index is 708. The van der Waals surface area contributed by atoms with Gasteiger partial charge in [0.25, 0.3) is 0 Å². The average Bonchev–Trinajstić information content (AvgIpc) is 3.19. The molecule has 2 amide bonds. The van der Waals surface area contributed by atoms with E-state index in [-0.39, 0.29) is 6.03 Å². The first-order valence-electron chi connectivity index (χ1n) is 6.36. The van der Waals surface area contributed by atoms with Gasteiger partial charge in [-0.1, -0.05) is 0 Å². The molecule has 0 atom stereocenters. The van der Waals surface area contributed by atoms with Crippen molar-refractivity contribution in [1.29, 1.82) is 0 Å². The third-order valence-corrected chi connectivity index (χ3v) is 3.65. The van der Waals surface area contributed by atoms with Gasteiger partial charge in [0.1, 0.15) is 0 Å². The predicted molar refractivity (Wildman–Crippen MR) is 82.1 cm³/mol. The summed E-state index contributed by atoms with van der Waals surface area (Å²) in [7, 11) is 0. The summed E-state index contributed by atoms with van der Waals surface area (Å²) < 4.78 is 5.06. The minimum atomic E-state index is -0.230. The van der Waals surface area contributed by atoms with Gasteiger partial charge in [-0.05, 0) is 35.2 Å². The van der Waals surface area contributed by atoms with Crippen LogP contribution in [-0.2, 0) is 6.54 Å². The summed E-state index contributed by atoms with van der Waals surface area (Å²) in [6, 6.07) is 7.36. The van der Waals surface area contributed by atoms with Gasteiger partial charge in [-0.3, -0.25) is 10.3 Å². The largest absolute Gasteiger partial charge is 0.472 e. The zero-order valence-electron chi connectivity index (χ0n) is 11.1. The lowest BCUT2D eigenvalue weighted by atomic mass is 10.1. The van der Waals surface area contributed by atoms with Gasteiger partial charge in [-0.2, -0.15) is 0 Å². The van der Waals surface area contributed by atoms with Gasteiger partial charge in [0.2, 0.25) is 0 Å². The van der Waals surface area contributed by atoms with E-state index in [1.165, 1.54) is 11.3 Å². The SMILES string of the molecule is O=C(NCc1cncc(-c2ccoc2)c1)Nc1cccs1. The predicted octanol–water partition coefficient (Wildman–Crippen LogP) is 3.72. The van der Waals surface area contributed by atoms with E-state index in [0.717, 1.165) is 21.7 Å². The number of rotatable bonds is 4. The van der Waals surface area contributed by atoms with Crippen molar-refractivity contribution in [2.45, 2.75) is 6.54 Å². The molecular weight excluding hydrogens is 286 g/mol. The highest BCUT2D eigenvalue weighted by Crippen LogP contribution is 2.19. The second-order valence-corrected chi connectivity index (χ2v) is 5.33. The van der Waals surface area contributed by atoms with E-state index in [1.54, 1.807) is 24.9 Å². The van der Waals surface area contributed by atoms with E-state index >= 15 is 0 Å². The number of urea groups is 1. The molecule has 3 aromatic heterocycles. The lowest BCUT2D eigenvalue weighted by Crippen LogP contribution is -2.27. The maximum Gasteiger partial charge on any atom is 0.320 e. The Hall–Kier alpha value is -2.60. The summed E-state index contributed by atoms with van der Waals surface area (Å²) >= 11 is 1.48. The number of furan rings is 1. The molecule has 0 unspecified atom stereocenters. The Morgan fingerprint density at radius 2 is 2.24 bits per heavy atom. The number of anilines is 1. The zero-order valence-corrected chi connectivity index (χ0v) is 11.9. The van der Waals surface area contributed by atoms with Crippen LogP contribution in [0.3, 0.4) is 0 Å². The summed E-state index contributed by atoms with van der Waals surface area (Å²) in [4.78, 5) is 15.9. The van der Waals surface area contributed by atoms with Crippen LogP contribution in [0.4, 0.5) is 9.80 Å². The molecule has 21 heavy (non-hydrogen) atoms. The first-order chi connectivity index (χ1) is 10.3. The molecule has 2 N–H and O–H groups in total. The van der Waals surface area contributed by atoms with Crippen LogP contribution in [0.25, 0.3) is 11.1 Å². The molecule has 5 nitrogen and oxygen atoms in total. The summed E-state index contributed by atoms with van der Waals surface area (Å²) in [6.45, 7) is 0.413. The van der Waals surface area contributed by atoms with Crippen LogP contribution in [0, 0.1) is 0 Å². The van der Waals surface area contributed by atoms with Gasteiger partial charge >= 0.3 is 6.03 Å². The molecule has 0 saturated heterocycles. The quantitative estimate of drug-likeness (QED) is 0.771. The third kappa shape index (κ3) is 3.49. The maximum absolute atomic E-state index is 11.7. The standard InChI is InChI=1S/C15H13N3O2S/c19-15(18-14-2-1-5-21-14)17-8-11-6-13(9-16-7-11)12-3-4-20-10-12/h1-7,9-10H,8H2,(H2,17,18,19). The number of carbonyl (C=O) groups excluding carboxylic acids is 1. The molecule has 0 aliphatic heterocycles. The molecule has 106 valence electrons. The van der Waals surface area contributed by atoms with Crippen LogP contribution in [0.5, 0.6) is 0 Å². The lowest BCUT2D eigenvalue weighted by Gasteiger charge is -2.07. The van der Waals surface area contributed by atoms with Crippen molar-refractivity contribution < 1.29 is 9.21 Å². The Labute approximate surface area is 125 Å². The molecule has 0 aliphatic carbocycles. The first kappa shape index (κ1) is 13.4. The fourth-order valence-electron chi connectivity index (χ4n) is 1.86. The van der Waals surface area contributed by atoms with E-state index in [9.17, 15) is 4.79 Å². The maximum atomic E-state index is 11.7. The van der Waals surface area contributed by atoms with Crippen molar-refractivity contribution in [3.8, 4) is 11.1 Å². The number of thiophene rings is 1. The highest BCUT2D eigenvalue weighted by atomic mass is 32.1. The average molecular weight is 299 g/mol. The molecule has 0 aliphatic rings. The van der Waals surface area contributed by atoms with Crippen molar-refractivity contribution in [2.75, 3.05) is 5.32 Å². The van der Waals surface area contributed by atoms with Crippen molar-refractivity contribution in [3.63, 3.8) is 0 Å². The number of aromatic nitrogens is 1. The summed E-state index contributed by atoms with van der Waals surface area (Å²) in [5, 5.41) is 8.30. The Balaban J connectivity index is 1.60. The van der Waals surface area contributed by atoms with Crippen LogP contribution in [-0.4, -0.2) is 11.0 Å². The number of hydrogen-bond acceptors (Lipinski definition) is 4. The molecule has 0 fully saturated rings. The smallest absolute Gasteiger partial charge is 0.320 e. The summed E-state index contributed by atoms with van der Waals surface area (Å²) in [6.07, 6.45) is 6.78. The monoisotopic (exact) mass is 299 g/mol. The molecule has 3 rings (SSSR count). The Morgan fingerprint density at radius 3 is 3.00 bits per heavy atom. The van der Waals surface area contributed by atoms with E-state index in [1.807, 2.05) is 29.6 Å². The second kappa shape index (κ2) is 6.23. The van der Waals surface area contributed by atoms with Crippen molar-refractivity contribution in [2.24, 2.45) is 0 Å². The van der Waals surface area contributed by atoms with Crippen LogP contribution < -0.4 is 10.6 Å². The second-order valence-electron chi connectivity index (χ2n) is 4.38. The van der Waals surface area contributed by atoms with Gasteiger partial charge in [0, 0.05) is 30.1 Å². The molecule has 0 bridgehead atoms. The number of nitrogens with one attached hydrogen (secondary N) is 2. The van der Waals surface area contributed by atoms with Crippen LogP contribution in [0.1, 0.15) is 5.56 Å². The molecular formula is C15H13N3O2S. The molecule has 6 heteroatoms. The molecule has 0 saturated carbocycles. The number of hydrogen-bond donors (Lipinski definition) is 2. The van der Waals surface area contributed by atoms with E-state index in [4.69, 9.17) is 4.42 Å². The lowest BCUT2D eigenvalue weighted by molar-refractivity contribution is 0.252. The summed E-state index contributed by atoms with van der Waals surface area (Å²) in [5.41, 5.74) is 2.85. The molecule has 3 heterocycles. The summed E-state index contributed by atoms with van der Waals surface area (Å²) in [5.74, 6) is 0. The van der Waals surface area contributed by atoms with Gasteiger partial charge in [0.15, 0.2) is 0 Å². The molecule has 0 radical (unpaired) electrons. The first-order valence-corrected chi connectivity index (χ1v) is 7.24. The van der Waals surface area contributed by atoms with Crippen LogP contribution in [0.2, 0.25) is 0 Å². The van der Waals surface area contributed by atoms with Gasteiger partial charge in [-0.25, -0.2) is 4.79 Å². The van der Waals surface area contributed by atoms with Crippen molar-refractivity contribution >= 4 is 22.4 Å². The normalized spacial score (nSPS) is 10.3. The Kier molecular flexibility index (Phi) is 3.97. The third-order valence-electron chi connectivity index (χ3n) is 2.86. The van der Waals surface area contributed by atoms with Gasteiger partial charge in [-0.15, -0.1) is 11.3 Å². The van der Waals surface area contributed by atoms with Crippen LogP contribution >= 0.6 is 11.3 Å². The fourth-order valence-corrected chi connectivity index (χ4v) is 2.47. The number of pyridine rings is 1. The van der Waals surface area contributed by atoms with E-state index in [2.05, 4.69) is 15.6 Å².